The lowest BCUT2D eigenvalue weighted by Crippen LogP contribution is -2.49. The summed E-state index contributed by atoms with van der Waals surface area (Å²) in [6.07, 6.45) is 1.63. The molecule has 0 aliphatic carbocycles. The van der Waals surface area contributed by atoms with Crippen molar-refractivity contribution in [3.63, 3.8) is 0 Å². The number of piperazine rings is 1. The molecule has 9 nitrogen and oxygen atoms in total. The number of anilines is 1. The first-order valence-corrected chi connectivity index (χ1v) is 13.4. The lowest BCUT2D eigenvalue weighted by molar-refractivity contribution is 0.200. The van der Waals surface area contributed by atoms with Crippen molar-refractivity contribution in [2.45, 2.75) is 33.4 Å². The second-order valence-electron chi connectivity index (χ2n) is 10.2. The Hall–Kier alpha value is -3.95. The van der Waals surface area contributed by atoms with Crippen molar-refractivity contribution in [2.75, 3.05) is 31.1 Å². The van der Waals surface area contributed by atoms with Crippen molar-refractivity contribution in [1.29, 1.82) is 0 Å². The molecule has 6 rings (SSSR count). The summed E-state index contributed by atoms with van der Waals surface area (Å²) in [4.78, 5) is 21.4. The van der Waals surface area contributed by atoms with E-state index in [4.69, 9.17) is 16.0 Å². The number of pyridine rings is 1. The molecule has 0 bridgehead atoms. The second-order valence-corrected chi connectivity index (χ2v) is 10.7. The van der Waals surface area contributed by atoms with Gasteiger partial charge in [-0.1, -0.05) is 29.3 Å². The topological polar surface area (TPSA) is 96.1 Å². The molecule has 0 unspecified atom stereocenters. The van der Waals surface area contributed by atoms with Gasteiger partial charge in [-0.2, -0.15) is 0 Å². The molecule has 10 heteroatoms. The molecule has 3 aromatic heterocycles. The van der Waals surface area contributed by atoms with Crippen LogP contribution in [0.1, 0.15) is 39.9 Å². The maximum absolute atomic E-state index is 13.6. The molecule has 0 amide bonds. The average Bonchev–Trinajstić information content (AvgIpc) is 3.60. The molecule has 1 aliphatic heterocycles. The Balaban J connectivity index is 1.40. The van der Waals surface area contributed by atoms with Crippen molar-refractivity contribution in [2.24, 2.45) is 0 Å². The number of halogens is 1. The second kappa shape index (κ2) is 10.3. The minimum Gasteiger partial charge on any atom is -0.467 e. The largest absolute Gasteiger partial charge is 0.467 e. The highest BCUT2D eigenvalue weighted by Crippen LogP contribution is 2.31. The predicted octanol–water partition coefficient (Wildman–Crippen LogP) is 4.65. The van der Waals surface area contributed by atoms with Crippen LogP contribution in [0.5, 0.6) is 0 Å². The maximum Gasteiger partial charge on any atom is 0.253 e. The number of benzene rings is 2. The molecular weight excluding hydrogens is 514 g/mol. The third kappa shape index (κ3) is 4.95. The zero-order valence-corrected chi connectivity index (χ0v) is 22.9. The highest BCUT2D eigenvalue weighted by atomic mass is 35.5. The maximum atomic E-state index is 13.6. The van der Waals surface area contributed by atoms with Gasteiger partial charge in [-0.3, -0.25) is 9.69 Å². The third-order valence-corrected chi connectivity index (χ3v) is 7.73. The van der Waals surface area contributed by atoms with Crippen LogP contribution >= 0.6 is 11.6 Å². The molecular formula is C29H30ClN7O2. The molecule has 5 aromatic rings. The minimum absolute atomic E-state index is 0.139. The van der Waals surface area contributed by atoms with Crippen molar-refractivity contribution < 1.29 is 4.42 Å². The number of aromatic nitrogens is 5. The summed E-state index contributed by atoms with van der Waals surface area (Å²) >= 11 is 6.32. The summed E-state index contributed by atoms with van der Waals surface area (Å²) in [6.45, 7) is 9.55. The first kappa shape index (κ1) is 25.3. The fourth-order valence-electron chi connectivity index (χ4n) is 5.62. The summed E-state index contributed by atoms with van der Waals surface area (Å²) in [5.74, 6) is 1.34. The van der Waals surface area contributed by atoms with Gasteiger partial charge in [0.05, 0.1) is 11.8 Å². The molecule has 1 N–H and O–H groups in total. The zero-order chi connectivity index (χ0) is 27.1. The number of nitrogens with one attached hydrogen (secondary N) is 1. The van der Waals surface area contributed by atoms with Gasteiger partial charge in [0.1, 0.15) is 18.3 Å². The predicted molar refractivity (Wildman–Crippen MR) is 151 cm³/mol. The number of aromatic amines is 1. The zero-order valence-electron chi connectivity index (χ0n) is 22.2. The van der Waals surface area contributed by atoms with Crippen LogP contribution in [-0.4, -0.2) is 56.3 Å². The summed E-state index contributed by atoms with van der Waals surface area (Å²) in [5.41, 5.74) is 5.83. The van der Waals surface area contributed by atoms with Gasteiger partial charge in [0.25, 0.3) is 5.56 Å². The van der Waals surface area contributed by atoms with Gasteiger partial charge in [0, 0.05) is 42.5 Å². The molecule has 1 saturated heterocycles. The van der Waals surface area contributed by atoms with E-state index >= 15 is 0 Å². The number of nitrogens with zero attached hydrogens (tertiary/aromatic N) is 6. The summed E-state index contributed by atoms with van der Waals surface area (Å²) in [6, 6.07) is 15.5. The van der Waals surface area contributed by atoms with E-state index in [2.05, 4.69) is 56.3 Å². The van der Waals surface area contributed by atoms with Gasteiger partial charge in [-0.25, -0.2) is 4.68 Å². The lowest BCUT2D eigenvalue weighted by Gasteiger charge is -2.40. The van der Waals surface area contributed by atoms with Gasteiger partial charge in [-0.15, -0.1) is 5.10 Å². The highest BCUT2D eigenvalue weighted by molar-refractivity contribution is 6.30. The van der Waals surface area contributed by atoms with Gasteiger partial charge in [0.2, 0.25) is 0 Å². The fourth-order valence-corrected chi connectivity index (χ4v) is 5.79. The molecule has 39 heavy (non-hydrogen) atoms. The Morgan fingerprint density at radius 3 is 2.62 bits per heavy atom. The van der Waals surface area contributed by atoms with Crippen molar-refractivity contribution in [1.82, 2.24) is 30.1 Å². The number of hydrogen-bond donors (Lipinski definition) is 1. The van der Waals surface area contributed by atoms with Crippen LogP contribution < -0.4 is 10.5 Å². The number of fused-ring (bicyclic) bond motifs is 1. The molecule has 1 atom stereocenters. The van der Waals surface area contributed by atoms with Gasteiger partial charge < -0.3 is 14.3 Å². The molecule has 0 radical (unpaired) electrons. The van der Waals surface area contributed by atoms with Gasteiger partial charge in [0.15, 0.2) is 5.82 Å². The van der Waals surface area contributed by atoms with Crippen LogP contribution in [0.25, 0.3) is 10.9 Å². The number of rotatable bonds is 6. The molecule has 2 aromatic carbocycles. The number of tetrazole rings is 1. The van der Waals surface area contributed by atoms with E-state index in [1.807, 2.05) is 43.3 Å². The van der Waals surface area contributed by atoms with E-state index in [0.29, 0.717) is 31.0 Å². The normalized spacial score (nSPS) is 15.2. The summed E-state index contributed by atoms with van der Waals surface area (Å²) < 4.78 is 7.29. The van der Waals surface area contributed by atoms with E-state index in [1.54, 1.807) is 10.9 Å². The van der Waals surface area contributed by atoms with Crippen LogP contribution in [-0.2, 0) is 6.54 Å². The minimum atomic E-state index is -0.438. The van der Waals surface area contributed by atoms with E-state index in [9.17, 15) is 4.79 Å². The van der Waals surface area contributed by atoms with E-state index in [-0.39, 0.29) is 5.56 Å². The van der Waals surface area contributed by atoms with Crippen LogP contribution in [0, 0.1) is 20.8 Å². The van der Waals surface area contributed by atoms with E-state index in [1.165, 1.54) is 5.56 Å². The van der Waals surface area contributed by atoms with Crippen LogP contribution in [0.3, 0.4) is 0 Å². The van der Waals surface area contributed by atoms with E-state index < -0.39 is 6.04 Å². The lowest BCUT2D eigenvalue weighted by atomic mass is 10.00. The Bertz CT molecular complexity index is 1680. The summed E-state index contributed by atoms with van der Waals surface area (Å²) in [5, 5.41) is 14.4. The Morgan fingerprint density at radius 2 is 1.85 bits per heavy atom. The Kier molecular flexibility index (Phi) is 6.70. The fraction of sp³-hybridized carbons (Fsp3) is 0.310. The first-order chi connectivity index (χ1) is 18.9. The Labute approximate surface area is 231 Å². The standard InChI is InChI=1S/C29H30ClN7O2/c1-18-13-20(3)26-21(14-18)15-24(29(38)31-26)27(28-32-33-34-37(28)17-23-5-4-12-39-23)36-10-8-35(9-11-36)25-16-22(30)7-6-19(25)2/h4-7,12-16,27H,8-11,17H2,1-3H3,(H,31,38)/t27-/m1/s1. The average molecular weight is 544 g/mol. The molecule has 0 saturated carbocycles. The number of hydrogen-bond acceptors (Lipinski definition) is 7. The monoisotopic (exact) mass is 543 g/mol. The van der Waals surface area contributed by atoms with Crippen LogP contribution in [0.15, 0.2) is 64.0 Å². The molecule has 1 fully saturated rings. The number of H-pyrrole nitrogens is 1. The van der Waals surface area contributed by atoms with Gasteiger partial charge >= 0.3 is 0 Å². The van der Waals surface area contributed by atoms with E-state index in [0.717, 1.165) is 51.6 Å². The molecule has 0 spiro atoms. The Morgan fingerprint density at radius 1 is 1.03 bits per heavy atom. The van der Waals surface area contributed by atoms with Gasteiger partial charge in [-0.05, 0) is 84.1 Å². The van der Waals surface area contributed by atoms with Crippen LogP contribution in [0.2, 0.25) is 5.02 Å². The first-order valence-electron chi connectivity index (χ1n) is 13.0. The van der Waals surface area contributed by atoms with Crippen molar-refractivity contribution in [3.05, 3.63) is 104 Å². The molecule has 4 heterocycles. The van der Waals surface area contributed by atoms with Crippen LogP contribution in [0.4, 0.5) is 5.69 Å². The number of aryl methyl sites for hydroxylation is 3. The SMILES string of the molecule is Cc1cc(C)c2[nH]c(=O)c([C@H](c3nnnn3Cc3ccco3)N3CCN(c4cc(Cl)ccc4C)CC3)cc2c1. The number of furan rings is 1. The molecule has 1 aliphatic rings. The van der Waals surface area contributed by atoms with Crippen molar-refractivity contribution >= 4 is 28.2 Å². The third-order valence-electron chi connectivity index (χ3n) is 7.50. The smallest absolute Gasteiger partial charge is 0.253 e. The highest BCUT2D eigenvalue weighted by Gasteiger charge is 2.33. The summed E-state index contributed by atoms with van der Waals surface area (Å²) in [7, 11) is 0. The molecule has 200 valence electrons. The quantitative estimate of drug-likeness (QED) is 0.333. The van der Waals surface area contributed by atoms with Crippen molar-refractivity contribution in [3.8, 4) is 0 Å².